The van der Waals surface area contributed by atoms with Crippen LogP contribution < -0.4 is 5.32 Å². The Morgan fingerprint density at radius 1 is 1.43 bits per heavy atom. The first-order valence-corrected chi connectivity index (χ1v) is 8.54. The number of aromatic nitrogens is 3. The fourth-order valence-electron chi connectivity index (χ4n) is 3.56. The Balaban J connectivity index is 2.18. The summed E-state index contributed by atoms with van der Waals surface area (Å²) >= 11 is 0. The average molecular weight is 292 g/mol. The molecule has 2 unspecified atom stereocenters. The second-order valence-corrected chi connectivity index (χ2v) is 7.72. The topological polar surface area (TPSA) is 42.7 Å². The summed E-state index contributed by atoms with van der Waals surface area (Å²) in [5, 5.41) is 12.1. The highest BCUT2D eigenvalue weighted by Crippen LogP contribution is 2.46. The molecule has 4 heteroatoms. The SMILES string of the molecule is CCCn1nncc1C1CC(C)(C)CCC1CNC(C)C. The molecule has 120 valence electrons. The van der Waals surface area contributed by atoms with Crippen molar-refractivity contribution in [2.24, 2.45) is 11.3 Å². The smallest absolute Gasteiger partial charge is 0.0728 e. The highest BCUT2D eigenvalue weighted by molar-refractivity contribution is 5.09. The van der Waals surface area contributed by atoms with Crippen LogP contribution in [-0.2, 0) is 6.54 Å². The predicted octanol–water partition coefficient (Wildman–Crippen LogP) is 3.60. The molecule has 0 bridgehead atoms. The molecule has 0 saturated heterocycles. The van der Waals surface area contributed by atoms with Gasteiger partial charge in [-0.25, -0.2) is 4.68 Å². The van der Waals surface area contributed by atoms with Gasteiger partial charge in [0.1, 0.15) is 0 Å². The highest BCUT2D eigenvalue weighted by Gasteiger charge is 2.37. The van der Waals surface area contributed by atoms with Gasteiger partial charge in [-0.3, -0.25) is 0 Å². The Bertz CT molecular complexity index is 434. The summed E-state index contributed by atoms with van der Waals surface area (Å²) in [5.74, 6) is 1.29. The van der Waals surface area contributed by atoms with E-state index in [1.807, 2.05) is 6.20 Å². The number of nitrogens with zero attached hydrogens (tertiary/aromatic N) is 3. The van der Waals surface area contributed by atoms with E-state index < -0.39 is 0 Å². The van der Waals surface area contributed by atoms with Crippen LogP contribution in [0.1, 0.15) is 71.9 Å². The molecular formula is C17H32N4. The highest BCUT2D eigenvalue weighted by atomic mass is 15.4. The first kappa shape index (κ1) is 16.5. The molecule has 1 fully saturated rings. The van der Waals surface area contributed by atoms with Gasteiger partial charge in [0.25, 0.3) is 0 Å². The Morgan fingerprint density at radius 2 is 2.19 bits per heavy atom. The van der Waals surface area contributed by atoms with Crippen LogP contribution in [0.2, 0.25) is 0 Å². The van der Waals surface area contributed by atoms with Crippen molar-refractivity contribution in [2.45, 2.75) is 78.8 Å². The molecular weight excluding hydrogens is 260 g/mol. The van der Waals surface area contributed by atoms with E-state index in [1.54, 1.807) is 0 Å². The van der Waals surface area contributed by atoms with Gasteiger partial charge in [-0.1, -0.05) is 39.8 Å². The molecule has 1 saturated carbocycles. The normalized spacial score (nSPS) is 25.4. The van der Waals surface area contributed by atoms with Crippen LogP contribution in [0.25, 0.3) is 0 Å². The molecule has 4 nitrogen and oxygen atoms in total. The number of hydrogen-bond donors (Lipinski definition) is 1. The Labute approximate surface area is 129 Å². The zero-order chi connectivity index (χ0) is 15.5. The molecule has 1 N–H and O–H groups in total. The minimum absolute atomic E-state index is 0.431. The van der Waals surface area contributed by atoms with Gasteiger partial charge in [0, 0.05) is 18.5 Å². The van der Waals surface area contributed by atoms with Crippen LogP contribution in [0.5, 0.6) is 0 Å². The molecule has 0 amide bonds. The first-order chi connectivity index (χ1) is 9.93. The summed E-state index contributed by atoms with van der Waals surface area (Å²) in [6.45, 7) is 13.6. The number of aryl methyl sites for hydroxylation is 1. The van der Waals surface area contributed by atoms with E-state index in [9.17, 15) is 0 Å². The lowest BCUT2D eigenvalue weighted by Gasteiger charge is -2.41. The number of rotatable bonds is 6. The summed E-state index contributed by atoms with van der Waals surface area (Å²) in [4.78, 5) is 0. The molecule has 0 aliphatic heterocycles. The molecule has 0 aromatic carbocycles. The summed E-state index contributed by atoms with van der Waals surface area (Å²) in [6.07, 6.45) is 6.98. The van der Waals surface area contributed by atoms with Gasteiger partial charge in [-0.15, -0.1) is 5.10 Å². The molecule has 2 atom stereocenters. The monoisotopic (exact) mass is 292 g/mol. The zero-order valence-electron chi connectivity index (χ0n) is 14.4. The Hall–Kier alpha value is -0.900. The third-order valence-electron chi connectivity index (χ3n) is 4.78. The van der Waals surface area contributed by atoms with E-state index in [4.69, 9.17) is 0 Å². The largest absolute Gasteiger partial charge is 0.314 e. The van der Waals surface area contributed by atoms with E-state index in [1.165, 1.54) is 25.0 Å². The fourth-order valence-corrected chi connectivity index (χ4v) is 3.56. The summed E-state index contributed by atoms with van der Waals surface area (Å²) < 4.78 is 2.13. The van der Waals surface area contributed by atoms with Gasteiger partial charge in [0.15, 0.2) is 0 Å². The van der Waals surface area contributed by atoms with E-state index in [2.05, 4.69) is 54.9 Å². The lowest BCUT2D eigenvalue weighted by molar-refractivity contribution is 0.152. The van der Waals surface area contributed by atoms with Crippen LogP contribution in [0, 0.1) is 11.3 Å². The van der Waals surface area contributed by atoms with Crippen molar-refractivity contribution in [3.8, 4) is 0 Å². The Kier molecular flexibility index (Phi) is 5.42. The molecule has 21 heavy (non-hydrogen) atoms. The quantitative estimate of drug-likeness (QED) is 0.871. The van der Waals surface area contributed by atoms with Crippen molar-refractivity contribution < 1.29 is 0 Å². The van der Waals surface area contributed by atoms with E-state index in [0.717, 1.165) is 19.5 Å². The van der Waals surface area contributed by atoms with Gasteiger partial charge in [-0.2, -0.15) is 0 Å². The van der Waals surface area contributed by atoms with Crippen molar-refractivity contribution in [1.29, 1.82) is 0 Å². The number of nitrogens with one attached hydrogen (secondary N) is 1. The van der Waals surface area contributed by atoms with E-state index in [-0.39, 0.29) is 0 Å². The fraction of sp³-hybridized carbons (Fsp3) is 0.882. The minimum Gasteiger partial charge on any atom is -0.314 e. The van der Waals surface area contributed by atoms with E-state index in [0.29, 0.717) is 23.3 Å². The van der Waals surface area contributed by atoms with Crippen molar-refractivity contribution >= 4 is 0 Å². The molecule has 0 spiro atoms. The maximum absolute atomic E-state index is 4.30. The predicted molar refractivity (Wildman–Crippen MR) is 87.3 cm³/mol. The van der Waals surface area contributed by atoms with E-state index >= 15 is 0 Å². The molecule has 1 aromatic heterocycles. The Morgan fingerprint density at radius 3 is 2.86 bits per heavy atom. The van der Waals surface area contributed by atoms with Gasteiger partial charge >= 0.3 is 0 Å². The molecule has 1 aliphatic carbocycles. The summed E-state index contributed by atoms with van der Waals surface area (Å²) in [7, 11) is 0. The molecule has 1 heterocycles. The standard InChI is InChI=1S/C17H32N4/c1-6-9-21-16(12-19-20-21)15-10-17(4,5)8-7-14(15)11-18-13(2)3/h12-15,18H,6-11H2,1-5H3. The zero-order valence-corrected chi connectivity index (χ0v) is 14.4. The lowest BCUT2D eigenvalue weighted by Crippen LogP contribution is -2.37. The second-order valence-electron chi connectivity index (χ2n) is 7.72. The first-order valence-electron chi connectivity index (χ1n) is 8.54. The lowest BCUT2D eigenvalue weighted by atomic mass is 9.66. The van der Waals surface area contributed by atoms with Gasteiger partial charge in [-0.05, 0) is 43.6 Å². The summed E-state index contributed by atoms with van der Waals surface area (Å²) in [6, 6.07) is 0.555. The average Bonchev–Trinajstić information content (AvgIpc) is 2.85. The third-order valence-corrected chi connectivity index (χ3v) is 4.78. The second kappa shape index (κ2) is 6.91. The van der Waals surface area contributed by atoms with Crippen molar-refractivity contribution in [3.05, 3.63) is 11.9 Å². The molecule has 2 rings (SSSR count). The van der Waals surface area contributed by atoms with Gasteiger partial charge in [0.2, 0.25) is 0 Å². The number of hydrogen-bond acceptors (Lipinski definition) is 3. The van der Waals surface area contributed by atoms with Crippen molar-refractivity contribution in [2.75, 3.05) is 6.54 Å². The van der Waals surface area contributed by atoms with Crippen molar-refractivity contribution in [1.82, 2.24) is 20.3 Å². The maximum Gasteiger partial charge on any atom is 0.0728 e. The molecule has 1 aromatic rings. The van der Waals surface area contributed by atoms with Crippen LogP contribution in [-0.4, -0.2) is 27.6 Å². The van der Waals surface area contributed by atoms with Gasteiger partial charge in [0.05, 0.1) is 11.9 Å². The third kappa shape index (κ3) is 4.29. The summed E-state index contributed by atoms with van der Waals surface area (Å²) in [5.41, 5.74) is 1.78. The van der Waals surface area contributed by atoms with Crippen LogP contribution >= 0.6 is 0 Å². The van der Waals surface area contributed by atoms with Crippen LogP contribution in [0.4, 0.5) is 0 Å². The van der Waals surface area contributed by atoms with Crippen LogP contribution in [0.15, 0.2) is 6.20 Å². The molecule has 0 radical (unpaired) electrons. The van der Waals surface area contributed by atoms with Crippen molar-refractivity contribution in [3.63, 3.8) is 0 Å². The minimum atomic E-state index is 0.431. The van der Waals surface area contributed by atoms with Crippen LogP contribution in [0.3, 0.4) is 0 Å². The molecule has 1 aliphatic rings. The van der Waals surface area contributed by atoms with Gasteiger partial charge < -0.3 is 5.32 Å². The maximum atomic E-state index is 4.30.